The predicted octanol–water partition coefficient (Wildman–Crippen LogP) is 11.3. The van der Waals surface area contributed by atoms with Crippen LogP contribution < -0.4 is 9.47 Å². The monoisotopic (exact) mass is 650 g/mol. The van der Waals surface area contributed by atoms with Gasteiger partial charge in [0.05, 0.1) is 23.7 Å². The molecule has 11 heteroatoms. The summed E-state index contributed by atoms with van der Waals surface area (Å²) in [4.78, 5) is 12.7. The van der Waals surface area contributed by atoms with Crippen molar-refractivity contribution in [2.24, 2.45) is 11.8 Å². The van der Waals surface area contributed by atoms with Crippen molar-refractivity contribution in [1.29, 1.82) is 0 Å². The molecule has 2 aromatic rings. The number of carbonyl (C=O) groups excluding carboxylic acids is 1. The zero-order chi connectivity index (χ0) is 33.1. The smallest absolute Gasteiger partial charge is 0.314 e. The first-order valence-corrected chi connectivity index (χ1v) is 16.1. The number of unbranched alkanes of at least 4 members (excludes halogenated alkanes) is 9. The molecule has 1 aliphatic rings. The Bertz CT molecular complexity index is 1230. The molecule has 0 aromatic heterocycles. The molecule has 1 aliphatic carbocycles. The van der Waals surface area contributed by atoms with Gasteiger partial charge in [-0.25, -0.2) is 17.6 Å². The van der Waals surface area contributed by atoms with Crippen molar-refractivity contribution in [1.82, 2.24) is 0 Å². The third-order valence-electron chi connectivity index (χ3n) is 8.54. The Hall–Kier alpha value is -2.85. The molecule has 0 N–H and O–H groups in total. The van der Waals surface area contributed by atoms with Gasteiger partial charge in [0, 0.05) is 0 Å². The average Bonchev–Trinajstić information content (AvgIpc) is 3.03. The van der Waals surface area contributed by atoms with Gasteiger partial charge in [0.15, 0.2) is 29.0 Å². The van der Waals surface area contributed by atoms with Crippen LogP contribution in [0, 0.1) is 58.4 Å². The van der Waals surface area contributed by atoms with E-state index in [1.54, 1.807) is 0 Å². The molecule has 0 unspecified atom stereocenters. The van der Waals surface area contributed by atoms with Gasteiger partial charge in [-0.15, -0.1) is 0 Å². The van der Waals surface area contributed by atoms with E-state index in [-0.39, 0.29) is 6.61 Å². The maximum absolute atomic E-state index is 15.0. The molecule has 45 heavy (non-hydrogen) atoms. The predicted molar refractivity (Wildman–Crippen MR) is 155 cm³/mol. The van der Waals surface area contributed by atoms with Crippen molar-refractivity contribution in [3.8, 4) is 22.6 Å². The highest BCUT2D eigenvalue weighted by molar-refractivity contribution is 5.76. The van der Waals surface area contributed by atoms with Gasteiger partial charge in [-0.3, -0.25) is 4.79 Å². The van der Waals surface area contributed by atoms with E-state index in [9.17, 15) is 31.1 Å². The SMILES string of the molecule is CCCCCCCCOc1c(F)c(F)c(-c2c(F)c(F)c(OC(=O)[C@H]3CC[C@H](CCCCCCC)CC3)c(F)c2F)c(F)c1F. The Labute approximate surface area is 259 Å². The second-order valence-corrected chi connectivity index (χ2v) is 11.9. The molecule has 0 spiro atoms. The number of rotatable bonds is 17. The van der Waals surface area contributed by atoms with Crippen LogP contribution in [0.15, 0.2) is 0 Å². The van der Waals surface area contributed by atoms with Crippen LogP contribution >= 0.6 is 0 Å². The van der Waals surface area contributed by atoms with Gasteiger partial charge < -0.3 is 9.47 Å². The highest BCUT2D eigenvalue weighted by atomic mass is 19.2. The summed E-state index contributed by atoms with van der Waals surface area (Å²) in [5, 5.41) is 0. The van der Waals surface area contributed by atoms with Crippen LogP contribution in [0.25, 0.3) is 11.1 Å². The van der Waals surface area contributed by atoms with Crippen molar-refractivity contribution < 1.29 is 49.4 Å². The summed E-state index contributed by atoms with van der Waals surface area (Å²) in [6.45, 7) is 3.85. The van der Waals surface area contributed by atoms with Gasteiger partial charge in [-0.2, -0.15) is 17.6 Å². The molecule has 0 heterocycles. The summed E-state index contributed by atoms with van der Waals surface area (Å²) < 4.78 is 129. The molecule has 0 radical (unpaired) electrons. The van der Waals surface area contributed by atoms with E-state index >= 15 is 8.78 Å². The molecule has 1 saturated carbocycles. The fourth-order valence-corrected chi connectivity index (χ4v) is 5.84. The lowest BCUT2D eigenvalue weighted by atomic mass is 9.80. The first-order chi connectivity index (χ1) is 21.5. The van der Waals surface area contributed by atoms with Gasteiger partial charge in [0.2, 0.25) is 29.0 Å². The summed E-state index contributed by atoms with van der Waals surface area (Å²) in [7, 11) is 0. The molecular formula is C34H42F8O3. The van der Waals surface area contributed by atoms with Crippen molar-refractivity contribution in [2.75, 3.05) is 6.61 Å². The van der Waals surface area contributed by atoms with E-state index < -0.39 is 81.1 Å². The minimum absolute atomic E-state index is 0.301. The van der Waals surface area contributed by atoms with Crippen molar-refractivity contribution >= 4 is 5.97 Å². The Morgan fingerprint density at radius 3 is 1.47 bits per heavy atom. The van der Waals surface area contributed by atoms with Crippen LogP contribution in [-0.2, 0) is 4.79 Å². The van der Waals surface area contributed by atoms with Crippen LogP contribution in [0.2, 0.25) is 0 Å². The topological polar surface area (TPSA) is 35.5 Å². The summed E-state index contributed by atoms with van der Waals surface area (Å²) in [6, 6.07) is 0. The number of halogens is 8. The molecular weight excluding hydrogens is 608 g/mol. The van der Waals surface area contributed by atoms with Gasteiger partial charge in [0.1, 0.15) is 0 Å². The third-order valence-corrected chi connectivity index (χ3v) is 8.54. The molecule has 0 aliphatic heterocycles. The van der Waals surface area contributed by atoms with Gasteiger partial charge in [-0.05, 0) is 38.0 Å². The third kappa shape index (κ3) is 9.12. The van der Waals surface area contributed by atoms with Gasteiger partial charge in [0.25, 0.3) is 0 Å². The standard InChI is InChI=1S/C34H42F8O3/c1-3-5-7-9-11-13-19-44-32-28(39)24(35)22(25(36)29(32)40)23-26(37)30(41)33(31(42)27(23)38)45-34(43)21-17-15-20(16-18-21)14-12-10-8-6-4-2/h20-21H,3-19H2,1-2H3/t20-,21-. The lowest BCUT2D eigenvalue weighted by Crippen LogP contribution is -2.26. The van der Waals surface area contributed by atoms with Crippen LogP contribution in [0.5, 0.6) is 11.5 Å². The summed E-state index contributed by atoms with van der Waals surface area (Å²) >= 11 is 0. The van der Waals surface area contributed by atoms with Crippen LogP contribution in [0.1, 0.15) is 117 Å². The first-order valence-electron chi connectivity index (χ1n) is 16.1. The second kappa shape index (κ2) is 17.7. The number of carbonyl (C=O) groups is 1. The second-order valence-electron chi connectivity index (χ2n) is 11.9. The molecule has 0 saturated heterocycles. The Morgan fingerprint density at radius 2 is 0.978 bits per heavy atom. The van der Waals surface area contributed by atoms with Crippen LogP contribution in [-0.4, -0.2) is 12.6 Å². The minimum atomic E-state index is -2.39. The minimum Gasteiger partial charge on any atom is -0.487 e. The average molecular weight is 651 g/mol. The van der Waals surface area contributed by atoms with Crippen LogP contribution in [0.4, 0.5) is 35.1 Å². The van der Waals surface area contributed by atoms with E-state index in [1.165, 1.54) is 6.42 Å². The van der Waals surface area contributed by atoms with E-state index in [0.717, 1.165) is 57.8 Å². The zero-order valence-electron chi connectivity index (χ0n) is 25.9. The number of benzene rings is 2. The molecule has 0 bridgehead atoms. The Morgan fingerprint density at radius 1 is 0.556 bits per heavy atom. The highest BCUT2D eigenvalue weighted by Gasteiger charge is 2.37. The molecule has 1 fully saturated rings. The summed E-state index contributed by atoms with van der Waals surface area (Å²) in [6.07, 6.45) is 13.4. The summed E-state index contributed by atoms with van der Waals surface area (Å²) in [5.41, 5.74) is -4.03. The number of hydrogen-bond donors (Lipinski definition) is 0. The zero-order valence-corrected chi connectivity index (χ0v) is 25.9. The van der Waals surface area contributed by atoms with E-state index in [2.05, 4.69) is 6.92 Å². The van der Waals surface area contributed by atoms with Crippen molar-refractivity contribution in [3.63, 3.8) is 0 Å². The number of esters is 1. The molecule has 0 atom stereocenters. The number of hydrogen-bond acceptors (Lipinski definition) is 3. The molecule has 0 amide bonds. The van der Waals surface area contributed by atoms with E-state index in [1.807, 2.05) is 6.92 Å². The fraction of sp³-hybridized carbons (Fsp3) is 0.618. The van der Waals surface area contributed by atoms with Crippen molar-refractivity contribution in [2.45, 2.75) is 117 Å². The largest absolute Gasteiger partial charge is 0.487 e. The molecule has 3 nitrogen and oxygen atoms in total. The van der Waals surface area contributed by atoms with Gasteiger partial charge in [-0.1, -0.05) is 84.5 Å². The number of ether oxygens (including phenoxy) is 2. The Kier molecular flexibility index (Phi) is 14.4. The fourth-order valence-electron chi connectivity index (χ4n) is 5.84. The quantitative estimate of drug-likeness (QED) is 0.0562. The molecule has 252 valence electrons. The lowest BCUT2D eigenvalue weighted by molar-refractivity contribution is -0.140. The maximum Gasteiger partial charge on any atom is 0.314 e. The van der Waals surface area contributed by atoms with Crippen LogP contribution in [0.3, 0.4) is 0 Å². The molecule has 2 aromatic carbocycles. The van der Waals surface area contributed by atoms with Crippen molar-refractivity contribution in [3.05, 3.63) is 46.5 Å². The first kappa shape index (κ1) is 36.6. The van der Waals surface area contributed by atoms with E-state index in [4.69, 9.17) is 9.47 Å². The Balaban J connectivity index is 1.74. The maximum atomic E-state index is 15.0. The lowest BCUT2D eigenvalue weighted by Gasteiger charge is -2.27. The summed E-state index contributed by atoms with van der Waals surface area (Å²) in [5.74, 6) is -22.9. The molecule has 3 rings (SSSR count). The van der Waals surface area contributed by atoms with E-state index in [0.29, 0.717) is 44.4 Å². The van der Waals surface area contributed by atoms with Gasteiger partial charge >= 0.3 is 5.97 Å². The normalized spacial score (nSPS) is 16.7. The highest BCUT2D eigenvalue weighted by Crippen LogP contribution is 2.42.